The lowest BCUT2D eigenvalue weighted by Crippen LogP contribution is -2.38. The molecule has 1 N–H and O–H groups in total. The van der Waals surface area contributed by atoms with Gasteiger partial charge in [-0.2, -0.15) is 0 Å². The molecule has 7 nitrogen and oxygen atoms in total. The van der Waals surface area contributed by atoms with Crippen LogP contribution >= 0.6 is 0 Å². The van der Waals surface area contributed by atoms with Gasteiger partial charge in [-0.25, -0.2) is 0 Å². The second-order valence-electron chi connectivity index (χ2n) is 8.09. The van der Waals surface area contributed by atoms with E-state index in [-0.39, 0.29) is 11.8 Å². The number of nitrogens with zero attached hydrogens (tertiary/aromatic N) is 5. The van der Waals surface area contributed by atoms with Crippen LogP contribution in [0.3, 0.4) is 0 Å². The summed E-state index contributed by atoms with van der Waals surface area (Å²) in [6.07, 6.45) is 5.05. The summed E-state index contributed by atoms with van der Waals surface area (Å²) in [7, 11) is 0. The molecule has 4 aromatic rings. The molecule has 4 heterocycles. The molecule has 5 rings (SSSR count). The van der Waals surface area contributed by atoms with Gasteiger partial charge in [0.2, 0.25) is 5.91 Å². The van der Waals surface area contributed by atoms with E-state index >= 15 is 0 Å². The summed E-state index contributed by atoms with van der Waals surface area (Å²) < 4.78 is 0. The first-order valence-corrected chi connectivity index (χ1v) is 10.8. The zero-order chi connectivity index (χ0) is 21.9. The number of fused-ring (bicyclic) bond motifs is 1. The summed E-state index contributed by atoms with van der Waals surface area (Å²) in [5.74, 6) is 0.888. The quantitative estimate of drug-likeness (QED) is 0.527. The van der Waals surface area contributed by atoms with Gasteiger partial charge in [-0.15, -0.1) is 10.2 Å². The minimum atomic E-state index is -0.0254. The van der Waals surface area contributed by atoms with E-state index in [0.29, 0.717) is 0 Å². The highest BCUT2D eigenvalue weighted by molar-refractivity contribution is 6.01. The molecule has 7 heteroatoms. The number of nitrogens with one attached hydrogen (secondary N) is 1. The standard InChI is InChI=1S/C25H24N6O/c1-17-16-23(20-4-2-3-5-22(20)27-17)28-25(32)19-10-14-31(15-11-19)24-7-6-21(29-30-24)18-8-12-26-13-9-18/h2-9,12-13,16,19H,10-11,14-15H2,1H3,(H,27,28,32). The fourth-order valence-electron chi connectivity index (χ4n) is 4.19. The van der Waals surface area contributed by atoms with Gasteiger partial charge in [0.05, 0.1) is 16.9 Å². The Kier molecular flexibility index (Phi) is 5.46. The molecule has 32 heavy (non-hydrogen) atoms. The molecule has 3 aromatic heterocycles. The summed E-state index contributed by atoms with van der Waals surface area (Å²) in [5, 5.41) is 12.9. The zero-order valence-corrected chi connectivity index (χ0v) is 17.9. The van der Waals surface area contributed by atoms with Gasteiger partial charge in [-0.1, -0.05) is 18.2 Å². The highest BCUT2D eigenvalue weighted by Gasteiger charge is 2.26. The lowest BCUT2D eigenvalue weighted by atomic mass is 9.95. The molecule has 0 unspecified atom stereocenters. The van der Waals surface area contributed by atoms with Crippen molar-refractivity contribution in [3.8, 4) is 11.3 Å². The van der Waals surface area contributed by atoms with E-state index in [2.05, 4.69) is 30.4 Å². The number of aromatic nitrogens is 4. The van der Waals surface area contributed by atoms with Gasteiger partial charge < -0.3 is 10.2 Å². The second-order valence-corrected chi connectivity index (χ2v) is 8.09. The third-order valence-electron chi connectivity index (χ3n) is 5.92. The summed E-state index contributed by atoms with van der Waals surface area (Å²) in [6.45, 7) is 3.50. The van der Waals surface area contributed by atoms with E-state index in [9.17, 15) is 4.79 Å². The maximum Gasteiger partial charge on any atom is 0.227 e. The number of hydrogen-bond donors (Lipinski definition) is 1. The summed E-state index contributed by atoms with van der Waals surface area (Å²) in [6, 6.07) is 17.6. The molecule has 0 bridgehead atoms. The molecule has 1 aliphatic rings. The van der Waals surface area contributed by atoms with Crippen molar-refractivity contribution in [3.63, 3.8) is 0 Å². The SMILES string of the molecule is Cc1cc(NC(=O)C2CCN(c3ccc(-c4ccncc4)nn3)CC2)c2ccccc2n1. The Hall–Kier alpha value is -3.87. The number of carbonyl (C=O) groups is 1. The average Bonchev–Trinajstić information content (AvgIpc) is 2.85. The van der Waals surface area contributed by atoms with E-state index in [1.807, 2.05) is 61.5 Å². The maximum absolute atomic E-state index is 13.0. The van der Waals surface area contributed by atoms with Gasteiger partial charge in [0.15, 0.2) is 5.82 Å². The number of anilines is 2. The van der Waals surface area contributed by atoms with Crippen molar-refractivity contribution in [3.05, 3.63) is 72.7 Å². The van der Waals surface area contributed by atoms with Gasteiger partial charge >= 0.3 is 0 Å². The van der Waals surface area contributed by atoms with Crippen LogP contribution in [-0.4, -0.2) is 39.2 Å². The van der Waals surface area contributed by atoms with Crippen LogP contribution in [0.4, 0.5) is 11.5 Å². The average molecular weight is 425 g/mol. The number of piperidine rings is 1. The number of hydrogen-bond acceptors (Lipinski definition) is 6. The first-order valence-electron chi connectivity index (χ1n) is 10.8. The van der Waals surface area contributed by atoms with Crippen molar-refractivity contribution in [1.82, 2.24) is 20.2 Å². The lowest BCUT2D eigenvalue weighted by molar-refractivity contribution is -0.120. The smallest absolute Gasteiger partial charge is 0.227 e. The van der Waals surface area contributed by atoms with Crippen LogP contribution in [0.2, 0.25) is 0 Å². The Morgan fingerprint density at radius 1 is 1.00 bits per heavy atom. The molecule has 0 radical (unpaired) electrons. The molecule has 1 amide bonds. The van der Waals surface area contributed by atoms with Crippen molar-refractivity contribution in [2.45, 2.75) is 19.8 Å². The van der Waals surface area contributed by atoms with Crippen LogP contribution < -0.4 is 10.2 Å². The van der Waals surface area contributed by atoms with Gasteiger partial charge in [0.1, 0.15) is 0 Å². The van der Waals surface area contributed by atoms with Crippen LogP contribution in [0, 0.1) is 12.8 Å². The van der Waals surface area contributed by atoms with Crippen LogP contribution in [0.1, 0.15) is 18.5 Å². The molecule has 1 aromatic carbocycles. The van der Waals surface area contributed by atoms with Crippen molar-refractivity contribution < 1.29 is 4.79 Å². The van der Waals surface area contributed by atoms with Crippen molar-refractivity contribution in [2.24, 2.45) is 5.92 Å². The Balaban J connectivity index is 1.23. The summed E-state index contributed by atoms with van der Waals surface area (Å²) >= 11 is 0. The van der Waals surface area contributed by atoms with Crippen molar-refractivity contribution in [1.29, 1.82) is 0 Å². The fraction of sp³-hybridized carbons (Fsp3) is 0.240. The number of amides is 1. The minimum absolute atomic E-state index is 0.0254. The molecule has 1 aliphatic heterocycles. The number of pyridine rings is 2. The summed E-state index contributed by atoms with van der Waals surface area (Å²) in [5.41, 5.74) is 4.44. The molecular weight excluding hydrogens is 400 g/mol. The number of para-hydroxylation sites is 1. The Morgan fingerprint density at radius 2 is 1.78 bits per heavy atom. The number of benzene rings is 1. The van der Waals surface area contributed by atoms with E-state index in [0.717, 1.165) is 65.3 Å². The van der Waals surface area contributed by atoms with Crippen LogP contribution in [0.15, 0.2) is 67.0 Å². The Bertz CT molecular complexity index is 1230. The largest absolute Gasteiger partial charge is 0.355 e. The highest BCUT2D eigenvalue weighted by Crippen LogP contribution is 2.27. The molecule has 160 valence electrons. The first kappa shape index (κ1) is 20.1. The number of rotatable bonds is 4. The monoisotopic (exact) mass is 424 g/mol. The fourth-order valence-corrected chi connectivity index (χ4v) is 4.19. The van der Waals surface area contributed by atoms with Gasteiger partial charge in [0, 0.05) is 48.0 Å². The molecule has 0 saturated carbocycles. The van der Waals surface area contributed by atoms with E-state index in [1.165, 1.54) is 0 Å². The topological polar surface area (TPSA) is 83.9 Å². The predicted octanol–water partition coefficient (Wildman–Crippen LogP) is 4.25. The molecular formula is C25H24N6O. The minimum Gasteiger partial charge on any atom is -0.355 e. The molecule has 0 atom stereocenters. The second kappa shape index (κ2) is 8.70. The summed E-state index contributed by atoms with van der Waals surface area (Å²) in [4.78, 5) is 23.8. The molecule has 0 aliphatic carbocycles. The predicted molar refractivity (Wildman–Crippen MR) is 125 cm³/mol. The number of aryl methyl sites for hydroxylation is 1. The van der Waals surface area contributed by atoms with Crippen LogP contribution in [-0.2, 0) is 4.79 Å². The molecule has 1 saturated heterocycles. The molecule has 1 fully saturated rings. The first-order chi connectivity index (χ1) is 15.7. The lowest BCUT2D eigenvalue weighted by Gasteiger charge is -2.32. The van der Waals surface area contributed by atoms with Gasteiger partial charge in [-0.05, 0) is 56.2 Å². The third-order valence-corrected chi connectivity index (χ3v) is 5.92. The number of carbonyl (C=O) groups excluding carboxylic acids is 1. The van der Waals surface area contributed by atoms with Crippen molar-refractivity contribution >= 4 is 28.3 Å². The Labute approximate surface area is 186 Å². The zero-order valence-electron chi connectivity index (χ0n) is 17.9. The van der Waals surface area contributed by atoms with E-state index in [4.69, 9.17) is 0 Å². The third kappa shape index (κ3) is 4.14. The van der Waals surface area contributed by atoms with Crippen molar-refractivity contribution in [2.75, 3.05) is 23.3 Å². The normalized spacial score (nSPS) is 14.5. The maximum atomic E-state index is 13.0. The van der Waals surface area contributed by atoms with Gasteiger partial charge in [-0.3, -0.25) is 14.8 Å². The molecule has 0 spiro atoms. The van der Waals surface area contributed by atoms with Crippen LogP contribution in [0.25, 0.3) is 22.2 Å². The highest BCUT2D eigenvalue weighted by atomic mass is 16.1. The Morgan fingerprint density at radius 3 is 2.53 bits per heavy atom. The van der Waals surface area contributed by atoms with E-state index in [1.54, 1.807) is 12.4 Å². The van der Waals surface area contributed by atoms with Crippen LogP contribution in [0.5, 0.6) is 0 Å². The van der Waals surface area contributed by atoms with Gasteiger partial charge in [0.25, 0.3) is 0 Å². The van der Waals surface area contributed by atoms with E-state index < -0.39 is 0 Å².